The van der Waals surface area contributed by atoms with Gasteiger partial charge in [-0.1, -0.05) is 39.8 Å². The smallest absolute Gasteiger partial charge is 0.163 e. The van der Waals surface area contributed by atoms with Gasteiger partial charge in [-0.3, -0.25) is 0 Å². The summed E-state index contributed by atoms with van der Waals surface area (Å²) in [6, 6.07) is 4.23. The average Bonchev–Trinajstić information content (AvgIpc) is 2.34. The van der Waals surface area contributed by atoms with Gasteiger partial charge < -0.3 is 5.32 Å². The topological polar surface area (TPSA) is 12.0 Å². The van der Waals surface area contributed by atoms with Crippen molar-refractivity contribution in [3.63, 3.8) is 0 Å². The molecular formula is C15H23F2N. The molecule has 18 heavy (non-hydrogen) atoms. The van der Waals surface area contributed by atoms with E-state index in [1.54, 1.807) is 12.1 Å². The molecule has 0 radical (unpaired) electrons. The molecule has 0 bridgehead atoms. The monoisotopic (exact) mass is 255 g/mol. The number of benzene rings is 1. The standard InChI is InChI=1S/C15H23F2N/c1-5-10-18-14(15(3,4)6-2)11-8-7-9-12(16)13(11)17/h7-9,14,18H,5-6,10H2,1-4H3. The molecular weight excluding hydrogens is 232 g/mol. The lowest BCUT2D eigenvalue weighted by Gasteiger charge is -2.35. The Morgan fingerprint density at radius 2 is 1.89 bits per heavy atom. The highest BCUT2D eigenvalue weighted by molar-refractivity contribution is 5.24. The van der Waals surface area contributed by atoms with Crippen molar-refractivity contribution >= 4 is 0 Å². The maximum Gasteiger partial charge on any atom is 0.163 e. The lowest BCUT2D eigenvalue weighted by molar-refractivity contribution is 0.228. The summed E-state index contributed by atoms with van der Waals surface area (Å²) in [4.78, 5) is 0. The first kappa shape index (κ1) is 15.1. The van der Waals surface area contributed by atoms with Gasteiger partial charge in [0, 0.05) is 11.6 Å². The van der Waals surface area contributed by atoms with Gasteiger partial charge in [0.15, 0.2) is 11.6 Å². The van der Waals surface area contributed by atoms with Gasteiger partial charge in [0.05, 0.1) is 0 Å². The van der Waals surface area contributed by atoms with E-state index in [2.05, 4.69) is 33.0 Å². The maximum atomic E-state index is 13.9. The third kappa shape index (κ3) is 3.29. The number of hydrogen-bond donors (Lipinski definition) is 1. The van der Waals surface area contributed by atoms with Gasteiger partial charge in [0.25, 0.3) is 0 Å². The fraction of sp³-hybridized carbons (Fsp3) is 0.600. The highest BCUT2D eigenvalue weighted by atomic mass is 19.2. The first-order valence-electron chi connectivity index (χ1n) is 6.61. The first-order valence-corrected chi connectivity index (χ1v) is 6.61. The van der Waals surface area contributed by atoms with Gasteiger partial charge in [0.2, 0.25) is 0 Å². The van der Waals surface area contributed by atoms with Crippen LogP contribution in [0.1, 0.15) is 52.1 Å². The Kier molecular flexibility index (Phi) is 5.27. The Morgan fingerprint density at radius 1 is 1.22 bits per heavy atom. The highest BCUT2D eigenvalue weighted by Gasteiger charge is 2.31. The third-order valence-corrected chi connectivity index (χ3v) is 3.58. The molecule has 0 saturated carbocycles. The summed E-state index contributed by atoms with van der Waals surface area (Å²) in [5.74, 6) is -1.50. The summed E-state index contributed by atoms with van der Waals surface area (Å²) in [6.45, 7) is 9.07. The second kappa shape index (κ2) is 6.28. The van der Waals surface area contributed by atoms with E-state index in [1.165, 1.54) is 0 Å². The largest absolute Gasteiger partial charge is 0.309 e. The quantitative estimate of drug-likeness (QED) is 0.792. The molecule has 0 fully saturated rings. The van der Waals surface area contributed by atoms with E-state index < -0.39 is 11.6 Å². The van der Waals surface area contributed by atoms with Crippen molar-refractivity contribution in [1.82, 2.24) is 5.32 Å². The zero-order valence-corrected chi connectivity index (χ0v) is 11.7. The summed E-state index contributed by atoms with van der Waals surface area (Å²) in [6.07, 6.45) is 1.86. The van der Waals surface area contributed by atoms with Crippen LogP contribution in [0, 0.1) is 17.0 Å². The second-order valence-corrected chi connectivity index (χ2v) is 5.37. The molecule has 1 atom stereocenters. The van der Waals surface area contributed by atoms with E-state index in [4.69, 9.17) is 0 Å². The van der Waals surface area contributed by atoms with Crippen LogP contribution in [0.4, 0.5) is 8.78 Å². The van der Waals surface area contributed by atoms with Crippen LogP contribution in [0.3, 0.4) is 0 Å². The van der Waals surface area contributed by atoms with Crippen LogP contribution >= 0.6 is 0 Å². The van der Waals surface area contributed by atoms with Crippen LogP contribution in [0.25, 0.3) is 0 Å². The Hall–Kier alpha value is -0.960. The van der Waals surface area contributed by atoms with Crippen LogP contribution in [-0.4, -0.2) is 6.54 Å². The summed E-state index contributed by atoms with van der Waals surface area (Å²) >= 11 is 0. The number of halogens is 2. The zero-order chi connectivity index (χ0) is 13.8. The van der Waals surface area contributed by atoms with E-state index >= 15 is 0 Å². The fourth-order valence-electron chi connectivity index (χ4n) is 2.04. The molecule has 1 rings (SSSR count). The van der Waals surface area contributed by atoms with E-state index in [1.807, 2.05) is 0 Å². The average molecular weight is 255 g/mol. The fourth-order valence-corrected chi connectivity index (χ4v) is 2.04. The molecule has 0 aromatic heterocycles. The lowest BCUT2D eigenvalue weighted by atomic mass is 9.78. The van der Waals surface area contributed by atoms with Gasteiger partial charge in [-0.2, -0.15) is 0 Å². The molecule has 0 aliphatic heterocycles. The van der Waals surface area contributed by atoms with Crippen molar-refractivity contribution in [2.75, 3.05) is 6.54 Å². The van der Waals surface area contributed by atoms with Gasteiger partial charge in [-0.15, -0.1) is 0 Å². The first-order chi connectivity index (χ1) is 8.44. The van der Waals surface area contributed by atoms with Crippen molar-refractivity contribution < 1.29 is 8.78 Å². The molecule has 0 saturated heterocycles. The van der Waals surface area contributed by atoms with E-state index in [-0.39, 0.29) is 11.5 Å². The van der Waals surface area contributed by atoms with Crippen molar-refractivity contribution in [2.24, 2.45) is 5.41 Å². The molecule has 1 N–H and O–H groups in total. The predicted molar refractivity (Wildman–Crippen MR) is 71.5 cm³/mol. The predicted octanol–water partition coefficient (Wildman–Crippen LogP) is 4.44. The summed E-state index contributed by atoms with van der Waals surface area (Å²) in [5, 5.41) is 3.34. The van der Waals surface area contributed by atoms with Crippen LogP contribution in [0.15, 0.2) is 18.2 Å². The second-order valence-electron chi connectivity index (χ2n) is 5.37. The van der Waals surface area contributed by atoms with E-state index in [0.717, 1.165) is 25.5 Å². The van der Waals surface area contributed by atoms with Crippen LogP contribution in [0.5, 0.6) is 0 Å². The Morgan fingerprint density at radius 3 is 2.44 bits per heavy atom. The van der Waals surface area contributed by atoms with Crippen molar-refractivity contribution in [2.45, 2.75) is 46.6 Å². The molecule has 0 aliphatic carbocycles. The molecule has 102 valence electrons. The van der Waals surface area contributed by atoms with E-state index in [9.17, 15) is 8.78 Å². The molecule has 1 nitrogen and oxygen atoms in total. The molecule has 0 heterocycles. The minimum atomic E-state index is -0.775. The Labute approximate surface area is 109 Å². The van der Waals surface area contributed by atoms with Crippen LogP contribution in [0.2, 0.25) is 0 Å². The minimum absolute atomic E-state index is 0.121. The normalized spacial score (nSPS) is 13.7. The van der Waals surface area contributed by atoms with Gasteiger partial charge in [-0.05, 0) is 30.9 Å². The number of nitrogens with one attached hydrogen (secondary N) is 1. The van der Waals surface area contributed by atoms with Gasteiger partial charge in [-0.25, -0.2) is 8.78 Å². The zero-order valence-electron chi connectivity index (χ0n) is 11.7. The van der Waals surface area contributed by atoms with Gasteiger partial charge in [0.1, 0.15) is 0 Å². The summed E-state index contributed by atoms with van der Waals surface area (Å²) in [7, 11) is 0. The van der Waals surface area contributed by atoms with Crippen LogP contribution in [-0.2, 0) is 0 Å². The SMILES string of the molecule is CCCNC(c1cccc(F)c1F)C(C)(C)CC. The summed E-state index contributed by atoms with van der Waals surface area (Å²) < 4.78 is 27.3. The van der Waals surface area contributed by atoms with Crippen LogP contribution < -0.4 is 5.32 Å². The third-order valence-electron chi connectivity index (χ3n) is 3.58. The lowest BCUT2D eigenvalue weighted by Crippen LogP contribution is -2.35. The molecule has 0 spiro atoms. The Bertz CT molecular complexity index is 388. The van der Waals surface area contributed by atoms with Gasteiger partial charge >= 0.3 is 0 Å². The maximum absolute atomic E-state index is 13.9. The van der Waals surface area contributed by atoms with Crippen molar-refractivity contribution in [3.05, 3.63) is 35.4 Å². The summed E-state index contributed by atoms with van der Waals surface area (Å²) in [5.41, 5.74) is 0.305. The number of hydrogen-bond acceptors (Lipinski definition) is 1. The number of rotatable bonds is 6. The molecule has 1 aromatic carbocycles. The Balaban J connectivity index is 3.13. The molecule has 3 heteroatoms. The molecule has 1 aromatic rings. The minimum Gasteiger partial charge on any atom is -0.309 e. The van der Waals surface area contributed by atoms with Crippen molar-refractivity contribution in [1.29, 1.82) is 0 Å². The molecule has 0 aliphatic rings. The van der Waals surface area contributed by atoms with Crippen molar-refractivity contribution in [3.8, 4) is 0 Å². The highest BCUT2D eigenvalue weighted by Crippen LogP contribution is 2.37. The molecule has 1 unspecified atom stereocenters. The molecule has 0 amide bonds. The van der Waals surface area contributed by atoms with E-state index in [0.29, 0.717) is 5.56 Å².